The van der Waals surface area contributed by atoms with Gasteiger partial charge in [0.05, 0.1) is 0 Å². The third-order valence-electron chi connectivity index (χ3n) is 3.30. The van der Waals surface area contributed by atoms with E-state index in [1.807, 2.05) is 6.92 Å². The number of hydrogen-bond acceptors (Lipinski definition) is 3. The standard InChI is InChI=1S/C14H16N2S/c1-10-9-17-14(16-10)8-15-13-7-6-11-4-2-3-5-12(11)13/h2-5,9,13,15H,6-8H2,1H3. The van der Waals surface area contributed by atoms with Crippen LogP contribution in [0.1, 0.15) is 34.3 Å². The van der Waals surface area contributed by atoms with Crippen LogP contribution in [0.3, 0.4) is 0 Å². The Morgan fingerprint density at radius 3 is 3.12 bits per heavy atom. The Kier molecular flexibility index (Phi) is 2.95. The molecule has 1 aliphatic carbocycles. The van der Waals surface area contributed by atoms with Crippen LogP contribution in [0, 0.1) is 6.92 Å². The molecule has 3 heteroatoms. The third kappa shape index (κ3) is 2.26. The molecule has 0 saturated heterocycles. The number of fused-ring (bicyclic) bond motifs is 1. The summed E-state index contributed by atoms with van der Waals surface area (Å²) in [6.45, 7) is 2.93. The molecule has 1 aromatic heterocycles. The topological polar surface area (TPSA) is 24.9 Å². The Labute approximate surface area is 106 Å². The fourth-order valence-electron chi connectivity index (χ4n) is 2.46. The lowest BCUT2D eigenvalue weighted by molar-refractivity contribution is 0.529. The fraction of sp³-hybridized carbons (Fsp3) is 0.357. The molecule has 0 amide bonds. The van der Waals surface area contributed by atoms with Gasteiger partial charge in [0.1, 0.15) is 5.01 Å². The first kappa shape index (κ1) is 10.9. The van der Waals surface area contributed by atoms with Crippen molar-refractivity contribution in [3.63, 3.8) is 0 Å². The molecule has 0 saturated carbocycles. The summed E-state index contributed by atoms with van der Waals surface area (Å²) in [5.74, 6) is 0. The van der Waals surface area contributed by atoms with Crippen molar-refractivity contribution in [1.29, 1.82) is 0 Å². The SMILES string of the molecule is Cc1csc(CNC2CCc3ccccc32)n1. The van der Waals surface area contributed by atoms with Gasteiger partial charge in [-0.15, -0.1) is 11.3 Å². The van der Waals surface area contributed by atoms with E-state index in [-0.39, 0.29) is 0 Å². The van der Waals surface area contributed by atoms with Crippen LogP contribution in [0.5, 0.6) is 0 Å². The normalized spacial score (nSPS) is 18.3. The van der Waals surface area contributed by atoms with Gasteiger partial charge in [0.2, 0.25) is 0 Å². The molecule has 88 valence electrons. The first-order chi connectivity index (χ1) is 8.33. The Morgan fingerprint density at radius 2 is 2.29 bits per heavy atom. The molecule has 3 rings (SSSR count). The zero-order valence-electron chi connectivity index (χ0n) is 9.94. The van der Waals surface area contributed by atoms with Gasteiger partial charge in [-0.2, -0.15) is 0 Å². The molecular weight excluding hydrogens is 228 g/mol. The molecule has 1 unspecified atom stereocenters. The number of nitrogens with zero attached hydrogens (tertiary/aromatic N) is 1. The van der Waals surface area contributed by atoms with E-state index in [1.54, 1.807) is 11.3 Å². The Bertz CT molecular complexity index is 518. The molecule has 0 spiro atoms. The zero-order chi connectivity index (χ0) is 11.7. The van der Waals surface area contributed by atoms with E-state index in [4.69, 9.17) is 0 Å². The minimum atomic E-state index is 0.510. The number of aryl methyl sites for hydroxylation is 2. The van der Waals surface area contributed by atoms with Crippen molar-refractivity contribution >= 4 is 11.3 Å². The van der Waals surface area contributed by atoms with E-state index >= 15 is 0 Å². The second-order valence-corrected chi connectivity index (χ2v) is 5.50. The quantitative estimate of drug-likeness (QED) is 0.896. The van der Waals surface area contributed by atoms with Gasteiger partial charge in [-0.1, -0.05) is 24.3 Å². The maximum atomic E-state index is 4.48. The molecule has 1 heterocycles. The molecule has 0 radical (unpaired) electrons. The van der Waals surface area contributed by atoms with E-state index in [1.165, 1.54) is 29.0 Å². The second-order valence-electron chi connectivity index (χ2n) is 4.55. The molecule has 1 aromatic carbocycles. The van der Waals surface area contributed by atoms with Crippen LogP contribution in [0.15, 0.2) is 29.6 Å². The van der Waals surface area contributed by atoms with Crippen LogP contribution in [-0.2, 0) is 13.0 Å². The molecule has 1 N–H and O–H groups in total. The van der Waals surface area contributed by atoms with E-state index < -0.39 is 0 Å². The van der Waals surface area contributed by atoms with Gasteiger partial charge >= 0.3 is 0 Å². The lowest BCUT2D eigenvalue weighted by Crippen LogP contribution is -2.18. The summed E-state index contributed by atoms with van der Waals surface area (Å²) in [4.78, 5) is 4.48. The van der Waals surface area contributed by atoms with E-state index in [9.17, 15) is 0 Å². The Hall–Kier alpha value is -1.19. The maximum absolute atomic E-state index is 4.48. The van der Waals surface area contributed by atoms with Crippen molar-refractivity contribution in [2.45, 2.75) is 32.4 Å². The van der Waals surface area contributed by atoms with Crippen molar-refractivity contribution in [3.8, 4) is 0 Å². The molecule has 1 aliphatic rings. The van der Waals surface area contributed by atoms with E-state index in [0.717, 1.165) is 12.2 Å². The van der Waals surface area contributed by atoms with Crippen LogP contribution in [0.25, 0.3) is 0 Å². The number of hydrogen-bond donors (Lipinski definition) is 1. The minimum absolute atomic E-state index is 0.510. The molecule has 0 aliphatic heterocycles. The van der Waals surface area contributed by atoms with Gasteiger partial charge < -0.3 is 5.32 Å². The predicted octanol–water partition coefficient (Wildman–Crippen LogP) is 3.23. The molecule has 1 atom stereocenters. The average Bonchev–Trinajstić information content (AvgIpc) is 2.93. The van der Waals surface area contributed by atoms with Crippen LogP contribution < -0.4 is 5.32 Å². The van der Waals surface area contributed by atoms with Gasteiger partial charge in [0.25, 0.3) is 0 Å². The van der Waals surface area contributed by atoms with Gasteiger partial charge in [-0.25, -0.2) is 4.98 Å². The highest BCUT2D eigenvalue weighted by Gasteiger charge is 2.21. The summed E-state index contributed by atoms with van der Waals surface area (Å²) < 4.78 is 0. The number of rotatable bonds is 3. The average molecular weight is 244 g/mol. The second kappa shape index (κ2) is 4.59. The summed E-state index contributed by atoms with van der Waals surface area (Å²) in [6, 6.07) is 9.26. The zero-order valence-corrected chi connectivity index (χ0v) is 10.8. The lowest BCUT2D eigenvalue weighted by atomic mass is 10.1. The van der Waals surface area contributed by atoms with Crippen LogP contribution in [0.2, 0.25) is 0 Å². The van der Waals surface area contributed by atoms with Crippen molar-refractivity contribution < 1.29 is 0 Å². The van der Waals surface area contributed by atoms with E-state index in [0.29, 0.717) is 6.04 Å². The summed E-state index contributed by atoms with van der Waals surface area (Å²) in [6.07, 6.45) is 2.41. The van der Waals surface area contributed by atoms with Crippen molar-refractivity contribution in [3.05, 3.63) is 51.5 Å². The van der Waals surface area contributed by atoms with Gasteiger partial charge in [0, 0.05) is 23.7 Å². The number of aromatic nitrogens is 1. The predicted molar refractivity (Wildman–Crippen MR) is 71.2 cm³/mol. The molecule has 0 bridgehead atoms. The highest BCUT2D eigenvalue weighted by Crippen LogP contribution is 2.30. The lowest BCUT2D eigenvalue weighted by Gasteiger charge is -2.12. The largest absolute Gasteiger partial charge is 0.304 e. The first-order valence-corrected chi connectivity index (χ1v) is 6.93. The van der Waals surface area contributed by atoms with Gasteiger partial charge in [-0.3, -0.25) is 0 Å². The summed E-state index contributed by atoms with van der Waals surface area (Å²) in [5.41, 5.74) is 4.10. The number of nitrogens with one attached hydrogen (secondary N) is 1. The monoisotopic (exact) mass is 244 g/mol. The third-order valence-corrected chi connectivity index (χ3v) is 4.27. The van der Waals surface area contributed by atoms with E-state index in [2.05, 4.69) is 39.9 Å². The molecule has 2 aromatic rings. The summed E-state index contributed by atoms with van der Waals surface area (Å²) in [7, 11) is 0. The fourth-order valence-corrected chi connectivity index (χ4v) is 3.19. The molecule has 2 nitrogen and oxygen atoms in total. The maximum Gasteiger partial charge on any atom is 0.107 e. The minimum Gasteiger partial charge on any atom is -0.304 e. The molecule has 0 fully saturated rings. The number of benzene rings is 1. The van der Waals surface area contributed by atoms with Crippen molar-refractivity contribution in [1.82, 2.24) is 10.3 Å². The Balaban J connectivity index is 1.68. The molecular formula is C14H16N2S. The van der Waals surface area contributed by atoms with Crippen LogP contribution in [0.4, 0.5) is 0 Å². The highest BCUT2D eigenvalue weighted by atomic mass is 32.1. The first-order valence-electron chi connectivity index (χ1n) is 6.05. The smallest absolute Gasteiger partial charge is 0.107 e. The summed E-state index contributed by atoms with van der Waals surface area (Å²) in [5, 5.41) is 6.91. The van der Waals surface area contributed by atoms with Gasteiger partial charge in [-0.05, 0) is 30.9 Å². The van der Waals surface area contributed by atoms with Crippen molar-refractivity contribution in [2.75, 3.05) is 0 Å². The Morgan fingerprint density at radius 1 is 1.41 bits per heavy atom. The summed E-state index contributed by atoms with van der Waals surface area (Å²) >= 11 is 1.74. The molecule has 17 heavy (non-hydrogen) atoms. The van der Waals surface area contributed by atoms with Gasteiger partial charge in [0.15, 0.2) is 0 Å². The highest BCUT2D eigenvalue weighted by molar-refractivity contribution is 7.09. The van der Waals surface area contributed by atoms with Crippen LogP contribution in [-0.4, -0.2) is 4.98 Å². The van der Waals surface area contributed by atoms with Crippen molar-refractivity contribution in [2.24, 2.45) is 0 Å². The van der Waals surface area contributed by atoms with Crippen LogP contribution >= 0.6 is 11.3 Å². The number of thiazole rings is 1.